The predicted molar refractivity (Wildman–Crippen MR) is 120 cm³/mol. The van der Waals surface area contributed by atoms with E-state index in [4.69, 9.17) is 15.3 Å². The number of nitrogens with two attached hydrogens (primary N) is 1. The number of fused-ring (bicyclic) bond motifs is 1. The number of nitrogen functional groups attached to an aromatic ring is 1. The van der Waals surface area contributed by atoms with E-state index in [1.807, 2.05) is 0 Å². The van der Waals surface area contributed by atoms with E-state index >= 15 is 0 Å². The maximum absolute atomic E-state index is 12.8. The van der Waals surface area contributed by atoms with Gasteiger partial charge in [0.2, 0.25) is 0 Å². The van der Waals surface area contributed by atoms with E-state index in [0.717, 1.165) is 21.8 Å². The molecule has 1 saturated heterocycles. The Hall–Kier alpha value is -3.39. The van der Waals surface area contributed by atoms with Crippen LogP contribution in [0.1, 0.15) is 19.5 Å². The van der Waals surface area contributed by atoms with Crippen molar-refractivity contribution in [3.63, 3.8) is 0 Å². The van der Waals surface area contributed by atoms with Gasteiger partial charge in [0.15, 0.2) is 10.8 Å². The van der Waals surface area contributed by atoms with Crippen LogP contribution in [0, 0.1) is 0 Å². The molecule has 0 spiro atoms. The zero-order chi connectivity index (χ0) is 24.3. The second-order valence-electron chi connectivity index (χ2n) is 7.14. The molecular weight excluding hydrogens is 474 g/mol. The molecular formula is C19H21N5O7S2. The summed E-state index contributed by atoms with van der Waals surface area (Å²) >= 11 is 2.35. The van der Waals surface area contributed by atoms with E-state index < -0.39 is 35.2 Å². The Morgan fingerprint density at radius 1 is 1.42 bits per heavy atom. The number of aliphatic carboxylic acids is 1. The highest BCUT2D eigenvalue weighted by Crippen LogP contribution is 2.40. The average molecular weight is 496 g/mol. The average Bonchev–Trinajstić information content (AvgIpc) is 3.18. The Labute approximate surface area is 196 Å². The van der Waals surface area contributed by atoms with Gasteiger partial charge in [-0.25, -0.2) is 14.6 Å². The molecule has 0 radical (unpaired) electrons. The minimum Gasteiger partial charge on any atom is -0.477 e. The van der Waals surface area contributed by atoms with Crippen molar-refractivity contribution in [1.82, 2.24) is 15.2 Å². The molecule has 0 bridgehead atoms. The van der Waals surface area contributed by atoms with Crippen LogP contribution in [0.15, 0.2) is 33.5 Å². The molecule has 14 heteroatoms. The third-order valence-corrected chi connectivity index (χ3v) is 6.51. The van der Waals surface area contributed by atoms with Crippen LogP contribution >= 0.6 is 23.1 Å². The van der Waals surface area contributed by atoms with E-state index in [2.05, 4.69) is 15.5 Å². The van der Waals surface area contributed by atoms with Crippen LogP contribution in [0.3, 0.4) is 0 Å². The van der Waals surface area contributed by atoms with Crippen LogP contribution in [-0.4, -0.2) is 75.3 Å². The number of hydrogen-bond acceptors (Lipinski definition) is 11. The van der Waals surface area contributed by atoms with Crippen LogP contribution in [0.2, 0.25) is 0 Å². The first-order chi connectivity index (χ1) is 15.6. The van der Waals surface area contributed by atoms with Gasteiger partial charge in [0, 0.05) is 22.8 Å². The largest absolute Gasteiger partial charge is 0.477 e. The number of carboxylic acid groups (broad SMARTS) is 1. The fraction of sp³-hybridized carbons (Fsp3) is 0.368. The Morgan fingerprint density at radius 2 is 2.15 bits per heavy atom. The Morgan fingerprint density at radius 3 is 2.73 bits per heavy atom. The van der Waals surface area contributed by atoms with Crippen molar-refractivity contribution in [3.05, 3.63) is 34.0 Å². The number of anilines is 1. The molecule has 4 N–H and O–H groups in total. The maximum atomic E-state index is 12.8. The molecule has 2 atom stereocenters. The Balaban J connectivity index is 1.75. The van der Waals surface area contributed by atoms with Crippen molar-refractivity contribution in [2.45, 2.75) is 25.3 Å². The van der Waals surface area contributed by atoms with Crippen LogP contribution in [0.4, 0.5) is 5.13 Å². The van der Waals surface area contributed by atoms with Crippen molar-refractivity contribution in [2.24, 2.45) is 5.16 Å². The Kier molecular flexibility index (Phi) is 7.38. The monoisotopic (exact) mass is 495 g/mol. The molecule has 12 nitrogen and oxygen atoms in total. The molecule has 2 aliphatic heterocycles. The normalized spacial score (nSPS) is 19.9. The lowest BCUT2D eigenvalue weighted by Gasteiger charge is -2.49. The van der Waals surface area contributed by atoms with Crippen molar-refractivity contribution in [2.75, 3.05) is 25.2 Å². The van der Waals surface area contributed by atoms with Gasteiger partial charge in [-0.15, -0.1) is 23.1 Å². The SMILES string of the molecule is CO/N=C(\C(=O)N[C@@H]1C(=O)N2C(C(=O)O)=C(COC(=O)C=C(C)C)CS[C@H]12)c1csc(N)n1. The number of allylic oxidation sites excluding steroid dienone is 1. The number of carboxylic acids is 1. The molecule has 0 unspecified atom stereocenters. The molecule has 2 aliphatic rings. The summed E-state index contributed by atoms with van der Waals surface area (Å²) in [5.74, 6) is -3.06. The Bertz CT molecular complexity index is 1090. The van der Waals surface area contributed by atoms with E-state index in [0.29, 0.717) is 0 Å². The van der Waals surface area contributed by atoms with Crippen molar-refractivity contribution >= 4 is 57.7 Å². The predicted octanol–water partition coefficient (Wildman–Crippen LogP) is 0.324. The third-order valence-electron chi connectivity index (χ3n) is 4.49. The fourth-order valence-electron chi connectivity index (χ4n) is 3.13. The van der Waals surface area contributed by atoms with Gasteiger partial charge in [-0.2, -0.15) is 0 Å². The van der Waals surface area contributed by atoms with Gasteiger partial charge < -0.3 is 25.7 Å². The molecule has 0 aliphatic carbocycles. The van der Waals surface area contributed by atoms with E-state index in [-0.39, 0.29) is 40.2 Å². The summed E-state index contributed by atoms with van der Waals surface area (Å²) in [4.78, 5) is 58.9. The molecule has 0 aromatic carbocycles. The first kappa shape index (κ1) is 24.3. The lowest BCUT2D eigenvalue weighted by Crippen LogP contribution is -2.71. The number of rotatable bonds is 8. The van der Waals surface area contributed by atoms with Crippen molar-refractivity contribution in [1.29, 1.82) is 0 Å². The lowest BCUT2D eigenvalue weighted by atomic mass is 10.0. The number of thiazole rings is 1. The number of oxime groups is 1. The number of ether oxygens (including phenoxy) is 1. The summed E-state index contributed by atoms with van der Waals surface area (Å²) in [6.45, 7) is 3.19. The van der Waals surface area contributed by atoms with E-state index in [1.165, 1.54) is 30.3 Å². The maximum Gasteiger partial charge on any atom is 0.352 e. The highest BCUT2D eigenvalue weighted by atomic mass is 32.2. The number of carbonyl (C=O) groups excluding carboxylic acids is 3. The zero-order valence-electron chi connectivity index (χ0n) is 17.9. The smallest absolute Gasteiger partial charge is 0.352 e. The van der Waals surface area contributed by atoms with Gasteiger partial charge in [0.25, 0.3) is 11.8 Å². The molecule has 1 fully saturated rings. The van der Waals surface area contributed by atoms with Crippen LogP contribution in [-0.2, 0) is 28.8 Å². The number of nitrogens with zero attached hydrogens (tertiary/aromatic N) is 3. The number of amides is 2. The number of esters is 1. The van der Waals surface area contributed by atoms with Gasteiger partial charge in [0.1, 0.15) is 36.5 Å². The first-order valence-corrected chi connectivity index (χ1v) is 11.4. The summed E-state index contributed by atoms with van der Waals surface area (Å²) in [5, 5.41) is 17.0. The summed E-state index contributed by atoms with van der Waals surface area (Å²) in [6, 6.07) is -0.982. The van der Waals surface area contributed by atoms with Gasteiger partial charge >= 0.3 is 11.9 Å². The molecule has 0 saturated carbocycles. The van der Waals surface area contributed by atoms with Crippen LogP contribution in [0.5, 0.6) is 0 Å². The highest BCUT2D eigenvalue weighted by molar-refractivity contribution is 8.00. The fourth-order valence-corrected chi connectivity index (χ4v) is 5.01. The standard InChI is InChI=1S/C19H21N5O7S2/c1-8(2)4-11(25)31-5-9-6-32-17-13(16(27)24(17)14(9)18(28)29)22-15(26)12(23-30-3)10-7-33-19(20)21-10/h4,7,13,17H,5-6H2,1-3H3,(H2,20,21)(H,22,26)(H,28,29)/b23-12-/t13-,17-/m1/s1. The van der Waals surface area contributed by atoms with Crippen LogP contribution in [0.25, 0.3) is 0 Å². The number of carbonyl (C=O) groups is 4. The second-order valence-corrected chi connectivity index (χ2v) is 9.14. The first-order valence-electron chi connectivity index (χ1n) is 9.49. The molecule has 2 amide bonds. The van der Waals surface area contributed by atoms with Gasteiger partial charge in [-0.1, -0.05) is 10.7 Å². The highest BCUT2D eigenvalue weighted by Gasteiger charge is 2.54. The molecule has 33 heavy (non-hydrogen) atoms. The molecule has 3 heterocycles. The molecule has 1 aromatic heterocycles. The number of hydrogen-bond donors (Lipinski definition) is 3. The molecule has 1 aromatic rings. The number of aromatic nitrogens is 1. The second kappa shape index (κ2) is 10.0. The summed E-state index contributed by atoms with van der Waals surface area (Å²) in [6.07, 6.45) is 1.29. The van der Waals surface area contributed by atoms with Crippen LogP contribution < -0.4 is 11.1 Å². The van der Waals surface area contributed by atoms with E-state index in [9.17, 15) is 24.3 Å². The van der Waals surface area contributed by atoms with E-state index in [1.54, 1.807) is 13.8 Å². The summed E-state index contributed by atoms with van der Waals surface area (Å²) in [7, 11) is 1.26. The summed E-state index contributed by atoms with van der Waals surface area (Å²) < 4.78 is 5.11. The number of thioether (sulfide) groups is 1. The molecule has 3 rings (SSSR count). The molecule has 176 valence electrons. The zero-order valence-corrected chi connectivity index (χ0v) is 19.5. The lowest BCUT2D eigenvalue weighted by molar-refractivity contribution is -0.150. The number of β-lactam (4-membered cyclic amide) rings is 1. The quantitative estimate of drug-likeness (QED) is 0.150. The third kappa shape index (κ3) is 5.17. The number of nitrogens with one attached hydrogen (secondary N) is 1. The summed E-state index contributed by atoms with van der Waals surface area (Å²) in [5.41, 5.74) is 6.39. The topological polar surface area (TPSA) is 174 Å². The minimum absolute atomic E-state index is 0.168. The minimum atomic E-state index is -1.33. The van der Waals surface area contributed by atoms with Gasteiger partial charge in [-0.3, -0.25) is 14.5 Å². The van der Waals surface area contributed by atoms with Crippen molar-refractivity contribution < 1.29 is 33.9 Å². The van der Waals surface area contributed by atoms with Crippen molar-refractivity contribution in [3.8, 4) is 0 Å². The van der Waals surface area contributed by atoms with Gasteiger partial charge in [-0.05, 0) is 13.8 Å². The van der Waals surface area contributed by atoms with Gasteiger partial charge in [0.05, 0.1) is 0 Å².